The zero-order valence-electron chi connectivity index (χ0n) is 11.0. The molecule has 0 heterocycles. The molecular formula is C16H21NO. The molecule has 1 aliphatic carbocycles. The topological polar surface area (TPSA) is 21.3 Å². The summed E-state index contributed by atoms with van der Waals surface area (Å²) in [5.74, 6) is 1.09. The Bertz CT molecular complexity index is 420. The SMILES string of the molecule is COC1=CCC(CCNCc2ccccc2)=CC1. The molecule has 1 aromatic carbocycles. The highest BCUT2D eigenvalue weighted by atomic mass is 16.5. The average molecular weight is 243 g/mol. The first-order valence-electron chi connectivity index (χ1n) is 6.54. The van der Waals surface area contributed by atoms with Gasteiger partial charge in [0.15, 0.2) is 0 Å². The van der Waals surface area contributed by atoms with Crippen molar-refractivity contribution in [3.63, 3.8) is 0 Å². The second-order valence-electron chi connectivity index (χ2n) is 4.56. The van der Waals surface area contributed by atoms with Crippen LogP contribution >= 0.6 is 0 Å². The Kier molecular flexibility index (Phi) is 5.03. The lowest BCUT2D eigenvalue weighted by molar-refractivity contribution is 0.281. The molecule has 96 valence electrons. The summed E-state index contributed by atoms with van der Waals surface area (Å²) in [7, 11) is 1.74. The van der Waals surface area contributed by atoms with E-state index < -0.39 is 0 Å². The Balaban J connectivity index is 1.64. The summed E-state index contributed by atoms with van der Waals surface area (Å²) in [4.78, 5) is 0. The maximum Gasteiger partial charge on any atom is 0.0956 e. The first-order valence-corrected chi connectivity index (χ1v) is 6.54. The van der Waals surface area contributed by atoms with Crippen LogP contribution in [-0.2, 0) is 11.3 Å². The number of allylic oxidation sites excluding steroid dienone is 2. The zero-order valence-corrected chi connectivity index (χ0v) is 11.0. The molecule has 0 fully saturated rings. The molecule has 0 saturated carbocycles. The van der Waals surface area contributed by atoms with E-state index >= 15 is 0 Å². The summed E-state index contributed by atoms with van der Waals surface area (Å²) in [6.07, 6.45) is 7.59. The summed E-state index contributed by atoms with van der Waals surface area (Å²) in [5, 5.41) is 3.48. The number of nitrogens with one attached hydrogen (secondary N) is 1. The zero-order chi connectivity index (χ0) is 12.6. The van der Waals surface area contributed by atoms with Crippen LogP contribution in [0.1, 0.15) is 24.8 Å². The van der Waals surface area contributed by atoms with E-state index in [-0.39, 0.29) is 0 Å². The summed E-state index contributed by atoms with van der Waals surface area (Å²) >= 11 is 0. The maximum absolute atomic E-state index is 5.22. The van der Waals surface area contributed by atoms with Crippen LogP contribution < -0.4 is 5.32 Å². The lowest BCUT2D eigenvalue weighted by Crippen LogP contribution is -2.15. The van der Waals surface area contributed by atoms with Crippen molar-refractivity contribution in [1.29, 1.82) is 0 Å². The molecule has 1 aromatic rings. The first-order chi connectivity index (χ1) is 8.88. The van der Waals surface area contributed by atoms with E-state index in [1.54, 1.807) is 7.11 Å². The van der Waals surface area contributed by atoms with Crippen LogP contribution in [0.15, 0.2) is 53.8 Å². The Labute approximate surface area is 109 Å². The van der Waals surface area contributed by atoms with Gasteiger partial charge in [0.25, 0.3) is 0 Å². The van der Waals surface area contributed by atoms with Crippen LogP contribution in [-0.4, -0.2) is 13.7 Å². The fraction of sp³-hybridized carbons (Fsp3) is 0.375. The third-order valence-electron chi connectivity index (χ3n) is 3.24. The van der Waals surface area contributed by atoms with Crippen LogP contribution in [0.25, 0.3) is 0 Å². The van der Waals surface area contributed by atoms with Gasteiger partial charge in [-0.25, -0.2) is 0 Å². The van der Waals surface area contributed by atoms with Gasteiger partial charge in [-0.2, -0.15) is 0 Å². The van der Waals surface area contributed by atoms with Gasteiger partial charge in [0.2, 0.25) is 0 Å². The van der Waals surface area contributed by atoms with Gasteiger partial charge in [0.05, 0.1) is 12.9 Å². The molecule has 0 amide bonds. The fourth-order valence-corrected chi connectivity index (χ4v) is 2.10. The van der Waals surface area contributed by atoms with Crippen molar-refractivity contribution in [2.24, 2.45) is 0 Å². The normalized spacial score (nSPS) is 14.9. The molecule has 1 N–H and O–H groups in total. The first kappa shape index (κ1) is 12.9. The minimum atomic E-state index is 0.949. The predicted octanol–water partition coefficient (Wildman–Crippen LogP) is 3.42. The number of hydrogen-bond acceptors (Lipinski definition) is 2. The van der Waals surface area contributed by atoms with Gasteiger partial charge in [-0.05, 0) is 31.0 Å². The van der Waals surface area contributed by atoms with Crippen molar-refractivity contribution < 1.29 is 4.74 Å². The highest BCUT2D eigenvalue weighted by Gasteiger charge is 2.04. The maximum atomic E-state index is 5.22. The van der Waals surface area contributed by atoms with Gasteiger partial charge in [-0.1, -0.05) is 42.0 Å². The van der Waals surface area contributed by atoms with Crippen LogP contribution in [0, 0.1) is 0 Å². The standard InChI is InChI=1S/C16H21NO/c1-18-16-9-7-14(8-10-16)11-12-17-13-15-5-3-2-4-6-15/h2-7,10,17H,8-9,11-13H2,1H3. The third kappa shape index (κ3) is 4.04. The summed E-state index contributed by atoms with van der Waals surface area (Å²) in [5.41, 5.74) is 2.85. The molecule has 0 radical (unpaired) electrons. The minimum Gasteiger partial charge on any atom is -0.501 e. The van der Waals surface area contributed by atoms with Gasteiger partial charge < -0.3 is 10.1 Å². The summed E-state index contributed by atoms with van der Waals surface area (Å²) in [6.45, 7) is 1.99. The van der Waals surface area contributed by atoms with Crippen LogP contribution in [0.5, 0.6) is 0 Å². The van der Waals surface area contributed by atoms with E-state index in [4.69, 9.17) is 4.74 Å². The minimum absolute atomic E-state index is 0.949. The van der Waals surface area contributed by atoms with Crippen molar-refractivity contribution in [2.75, 3.05) is 13.7 Å². The monoisotopic (exact) mass is 243 g/mol. The molecule has 0 bridgehead atoms. The largest absolute Gasteiger partial charge is 0.501 e. The quantitative estimate of drug-likeness (QED) is 0.610. The summed E-state index contributed by atoms with van der Waals surface area (Å²) < 4.78 is 5.22. The number of hydrogen-bond donors (Lipinski definition) is 1. The molecule has 0 atom stereocenters. The van der Waals surface area contributed by atoms with Gasteiger partial charge in [-0.3, -0.25) is 0 Å². The van der Waals surface area contributed by atoms with Crippen molar-refractivity contribution in [1.82, 2.24) is 5.32 Å². The Morgan fingerprint density at radius 1 is 1.11 bits per heavy atom. The molecule has 0 unspecified atom stereocenters. The number of benzene rings is 1. The molecule has 0 aromatic heterocycles. The number of rotatable bonds is 6. The van der Waals surface area contributed by atoms with E-state index in [1.807, 2.05) is 0 Å². The lowest BCUT2D eigenvalue weighted by Gasteiger charge is -2.13. The van der Waals surface area contributed by atoms with Gasteiger partial charge in [0, 0.05) is 13.0 Å². The Hall–Kier alpha value is -1.54. The van der Waals surface area contributed by atoms with Gasteiger partial charge in [-0.15, -0.1) is 0 Å². The van der Waals surface area contributed by atoms with Crippen molar-refractivity contribution >= 4 is 0 Å². The van der Waals surface area contributed by atoms with E-state index in [0.29, 0.717) is 0 Å². The van der Waals surface area contributed by atoms with Crippen molar-refractivity contribution in [3.8, 4) is 0 Å². The number of methoxy groups -OCH3 is 1. The smallest absolute Gasteiger partial charge is 0.0956 e. The second-order valence-corrected chi connectivity index (χ2v) is 4.56. The molecule has 2 nitrogen and oxygen atoms in total. The highest BCUT2D eigenvalue weighted by Crippen LogP contribution is 2.19. The lowest BCUT2D eigenvalue weighted by atomic mass is 10.0. The molecule has 0 spiro atoms. The van der Waals surface area contributed by atoms with Crippen molar-refractivity contribution in [2.45, 2.75) is 25.8 Å². The predicted molar refractivity (Wildman–Crippen MR) is 75.2 cm³/mol. The molecule has 18 heavy (non-hydrogen) atoms. The highest BCUT2D eigenvalue weighted by molar-refractivity contribution is 5.18. The van der Waals surface area contributed by atoms with Crippen LogP contribution in [0.3, 0.4) is 0 Å². The fourth-order valence-electron chi connectivity index (χ4n) is 2.10. The van der Waals surface area contributed by atoms with Gasteiger partial charge in [0.1, 0.15) is 0 Å². The molecular weight excluding hydrogens is 222 g/mol. The Morgan fingerprint density at radius 2 is 1.94 bits per heavy atom. The molecule has 2 rings (SSSR count). The van der Waals surface area contributed by atoms with E-state index in [1.165, 1.54) is 11.1 Å². The average Bonchev–Trinajstić information content (AvgIpc) is 2.45. The van der Waals surface area contributed by atoms with Crippen molar-refractivity contribution in [3.05, 3.63) is 59.4 Å². The third-order valence-corrected chi connectivity index (χ3v) is 3.24. The molecule has 2 heteroatoms. The van der Waals surface area contributed by atoms with E-state index in [2.05, 4.69) is 47.8 Å². The van der Waals surface area contributed by atoms with Crippen LogP contribution in [0.2, 0.25) is 0 Å². The van der Waals surface area contributed by atoms with Gasteiger partial charge >= 0.3 is 0 Å². The second kappa shape index (κ2) is 7.02. The van der Waals surface area contributed by atoms with Crippen LogP contribution in [0.4, 0.5) is 0 Å². The Morgan fingerprint density at radius 3 is 2.61 bits per heavy atom. The summed E-state index contributed by atoms with van der Waals surface area (Å²) in [6, 6.07) is 10.5. The van der Waals surface area contributed by atoms with E-state index in [0.717, 1.165) is 38.1 Å². The molecule has 0 saturated heterocycles. The van der Waals surface area contributed by atoms with E-state index in [9.17, 15) is 0 Å². The molecule has 1 aliphatic rings. The number of ether oxygens (including phenoxy) is 1. The molecule has 0 aliphatic heterocycles.